The second kappa shape index (κ2) is 6.62. The summed E-state index contributed by atoms with van der Waals surface area (Å²) in [4.78, 5) is 17.6. The van der Waals surface area contributed by atoms with E-state index in [1.165, 1.54) is 11.3 Å². The number of likely N-dealkylation sites (tertiary alicyclic amines) is 1. The maximum atomic E-state index is 10.9. The molecule has 4 N–H and O–H groups in total. The lowest BCUT2D eigenvalue weighted by atomic mass is 9.86. The summed E-state index contributed by atoms with van der Waals surface area (Å²) in [7, 11) is 0. The fourth-order valence-corrected chi connectivity index (χ4v) is 3.54. The normalized spacial score (nSPS) is 17.8. The zero-order valence-corrected chi connectivity index (χ0v) is 13.5. The van der Waals surface area contributed by atoms with Gasteiger partial charge in [0, 0.05) is 11.9 Å². The standard InChI is InChI=1S/C14H24N4O2S/c1-14(2,20-13(16)19)7-10-3-5-18(6-4-10)8-11-9-21-12(15)17-11/h9-10H,3-8H2,1-2H3,(H2,15,17)(H2,16,19). The number of carbonyl (C=O) groups is 1. The van der Waals surface area contributed by atoms with Gasteiger partial charge in [0.2, 0.25) is 0 Å². The molecule has 2 rings (SSSR count). The van der Waals surface area contributed by atoms with Crippen molar-refractivity contribution in [3.63, 3.8) is 0 Å². The molecule has 0 radical (unpaired) electrons. The number of rotatable bonds is 5. The molecule has 2 heterocycles. The molecule has 7 heteroatoms. The Kier molecular flexibility index (Phi) is 5.05. The van der Waals surface area contributed by atoms with E-state index in [1.54, 1.807) is 0 Å². The van der Waals surface area contributed by atoms with Crippen LogP contribution in [0.2, 0.25) is 0 Å². The number of aromatic nitrogens is 1. The smallest absolute Gasteiger partial charge is 0.405 e. The highest BCUT2D eigenvalue weighted by molar-refractivity contribution is 7.13. The number of nitrogen functional groups attached to an aromatic ring is 1. The summed E-state index contributed by atoms with van der Waals surface area (Å²) in [6.45, 7) is 6.77. The van der Waals surface area contributed by atoms with Gasteiger partial charge in [-0.15, -0.1) is 11.3 Å². The van der Waals surface area contributed by atoms with E-state index in [4.69, 9.17) is 16.2 Å². The fraction of sp³-hybridized carbons (Fsp3) is 0.714. The van der Waals surface area contributed by atoms with Crippen LogP contribution >= 0.6 is 11.3 Å². The predicted molar refractivity (Wildman–Crippen MR) is 83.9 cm³/mol. The van der Waals surface area contributed by atoms with Gasteiger partial charge in [0.25, 0.3) is 0 Å². The molecule has 1 amide bonds. The van der Waals surface area contributed by atoms with Crippen LogP contribution < -0.4 is 11.5 Å². The number of ether oxygens (including phenoxy) is 1. The van der Waals surface area contributed by atoms with Crippen molar-refractivity contribution in [3.8, 4) is 0 Å². The highest BCUT2D eigenvalue weighted by Crippen LogP contribution is 2.29. The molecule has 0 spiro atoms. The van der Waals surface area contributed by atoms with Crippen LogP contribution in [0.4, 0.5) is 9.93 Å². The van der Waals surface area contributed by atoms with Crippen molar-refractivity contribution < 1.29 is 9.53 Å². The number of thiazole rings is 1. The molecule has 0 aromatic carbocycles. The van der Waals surface area contributed by atoms with Crippen LogP contribution in [0, 0.1) is 5.92 Å². The lowest BCUT2D eigenvalue weighted by Crippen LogP contribution is -2.38. The van der Waals surface area contributed by atoms with E-state index in [0.29, 0.717) is 11.0 Å². The van der Waals surface area contributed by atoms with E-state index in [2.05, 4.69) is 9.88 Å². The van der Waals surface area contributed by atoms with Crippen LogP contribution in [0.5, 0.6) is 0 Å². The van der Waals surface area contributed by atoms with E-state index in [9.17, 15) is 4.79 Å². The molecular weight excluding hydrogens is 288 g/mol. The highest BCUT2D eigenvalue weighted by atomic mass is 32.1. The molecule has 1 aromatic heterocycles. The third kappa shape index (κ3) is 5.17. The number of nitrogens with zero attached hydrogens (tertiary/aromatic N) is 2. The number of hydrogen-bond acceptors (Lipinski definition) is 6. The lowest BCUT2D eigenvalue weighted by Gasteiger charge is -2.35. The third-order valence-corrected chi connectivity index (χ3v) is 4.54. The van der Waals surface area contributed by atoms with Crippen LogP contribution in [0.25, 0.3) is 0 Å². The number of hydrogen-bond donors (Lipinski definition) is 2. The minimum absolute atomic E-state index is 0.484. The Labute approximate surface area is 129 Å². The molecule has 0 atom stereocenters. The van der Waals surface area contributed by atoms with E-state index in [1.807, 2.05) is 19.2 Å². The number of primary amides is 1. The molecule has 1 aromatic rings. The first-order valence-corrected chi connectivity index (χ1v) is 8.13. The maximum absolute atomic E-state index is 10.9. The second-order valence-corrected chi connectivity index (χ2v) is 7.17. The van der Waals surface area contributed by atoms with Crippen molar-refractivity contribution in [2.45, 2.75) is 45.3 Å². The molecule has 1 aliphatic rings. The molecular formula is C14H24N4O2S. The van der Waals surface area contributed by atoms with Crippen LogP contribution in [0.3, 0.4) is 0 Å². The molecule has 0 saturated carbocycles. The Balaban J connectivity index is 1.76. The number of piperidine rings is 1. The van der Waals surface area contributed by atoms with Gasteiger partial charge in [-0.05, 0) is 52.1 Å². The molecule has 1 saturated heterocycles. The highest BCUT2D eigenvalue weighted by Gasteiger charge is 2.29. The topological polar surface area (TPSA) is 94.5 Å². The van der Waals surface area contributed by atoms with Gasteiger partial charge in [0.05, 0.1) is 5.69 Å². The molecule has 0 bridgehead atoms. The number of anilines is 1. The second-order valence-electron chi connectivity index (χ2n) is 6.28. The quantitative estimate of drug-likeness (QED) is 0.869. The van der Waals surface area contributed by atoms with Gasteiger partial charge in [-0.2, -0.15) is 0 Å². The Morgan fingerprint density at radius 3 is 2.71 bits per heavy atom. The Bertz CT molecular complexity index is 481. The first-order valence-electron chi connectivity index (χ1n) is 7.25. The van der Waals surface area contributed by atoms with Crippen LogP contribution in [-0.2, 0) is 11.3 Å². The summed E-state index contributed by atoms with van der Waals surface area (Å²) >= 11 is 1.49. The first-order chi connectivity index (χ1) is 9.84. The summed E-state index contributed by atoms with van der Waals surface area (Å²) in [5, 5.41) is 2.65. The molecule has 0 unspecified atom stereocenters. The van der Waals surface area contributed by atoms with E-state index in [-0.39, 0.29) is 0 Å². The van der Waals surface area contributed by atoms with Crippen molar-refractivity contribution in [2.75, 3.05) is 18.8 Å². The van der Waals surface area contributed by atoms with E-state index < -0.39 is 11.7 Å². The molecule has 0 aliphatic carbocycles. The molecule has 1 fully saturated rings. The Morgan fingerprint density at radius 2 is 2.19 bits per heavy atom. The van der Waals surface area contributed by atoms with Gasteiger partial charge in [0.1, 0.15) is 5.60 Å². The lowest BCUT2D eigenvalue weighted by molar-refractivity contribution is 0.0165. The van der Waals surface area contributed by atoms with Gasteiger partial charge < -0.3 is 16.2 Å². The van der Waals surface area contributed by atoms with Crippen molar-refractivity contribution in [3.05, 3.63) is 11.1 Å². The minimum Gasteiger partial charge on any atom is -0.444 e. The van der Waals surface area contributed by atoms with Gasteiger partial charge in [-0.3, -0.25) is 4.90 Å². The Hall–Kier alpha value is -1.34. The SMILES string of the molecule is CC(C)(CC1CCN(Cc2csc(N)n2)CC1)OC(N)=O. The molecule has 1 aliphatic heterocycles. The minimum atomic E-state index is -0.696. The van der Waals surface area contributed by atoms with Crippen LogP contribution in [-0.4, -0.2) is 34.7 Å². The zero-order chi connectivity index (χ0) is 15.5. The molecule has 118 valence electrons. The Morgan fingerprint density at radius 1 is 1.52 bits per heavy atom. The van der Waals surface area contributed by atoms with Crippen LogP contribution in [0.15, 0.2) is 5.38 Å². The number of nitrogens with two attached hydrogens (primary N) is 2. The van der Waals surface area contributed by atoms with E-state index in [0.717, 1.165) is 44.6 Å². The van der Waals surface area contributed by atoms with E-state index >= 15 is 0 Å². The van der Waals surface area contributed by atoms with Crippen molar-refractivity contribution >= 4 is 22.6 Å². The summed E-state index contributed by atoms with van der Waals surface area (Å²) in [5.74, 6) is 0.566. The van der Waals surface area contributed by atoms with Crippen molar-refractivity contribution in [1.29, 1.82) is 0 Å². The summed E-state index contributed by atoms with van der Waals surface area (Å²) in [6, 6.07) is 0. The van der Waals surface area contributed by atoms with Gasteiger partial charge >= 0.3 is 6.09 Å². The number of carbonyl (C=O) groups excluding carboxylic acids is 1. The average molecular weight is 312 g/mol. The zero-order valence-electron chi connectivity index (χ0n) is 12.7. The maximum Gasteiger partial charge on any atom is 0.405 e. The summed E-state index contributed by atoms with van der Waals surface area (Å²) in [5.41, 5.74) is 11.3. The molecule has 6 nitrogen and oxygen atoms in total. The largest absolute Gasteiger partial charge is 0.444 e. The van der Waals surface area contributed by atoms with Crippen LogP contribution in [0.1, 0.15) is 38.8 Å². The van der Waals surface area contributed by atoms with Gasteiger partial charge in [-0.1, -0.05) is 0 Å². The monoisotopic (exact) mass is 312 g/mol. The average Bonchev–Trinajstić information content (AvgIpc) is 2.75. The van der Waals surface area contributed by atoms with Crippen molar-refractivity contribution in [1.82, 2.24) is 9.88 Å². The van der Waals surface area contributed by atoms with Gasteiger partial charge in [-0.25, -0.2) is 9.78 Å². The summed E-state index contributed by atoms with van der Waals surface area (Å²) in [6.07, 6.45) is 2.36. The fourth-order valence-electron chi connectivity index (χ4n) is 2.98. The first kappa shape index (κ1) is 16.0. The number of amides is 1. The predicted octanol–water partition coefficient (Wildman–Crippen LogP) is 2.20. The van der Waals surface area contributed by atoms with Gasteiger partial charge in [0.15, 0.2) is 5.13 Å². The van der Waals surface area contributed by atoms with Crippen molar-refractivity contribution in [2.24, 2.45) is 11.7 Å². The third-order valence-electron chi connectivity index (χ3n) is 3.82. The summed E-state index contributed by atoms with van der Waals surface area (Å²) < 4.78 is 5.17. The molecule has 21 heavy (non-hydrogen) atoms.